The molecule has 0 spiro atoms. The van der Waals surface area contributed by atoms with Crippen molar-refractivity contribution >= 4 is 11.6 Å². The fraction of sp³-hybridized carbons (Fsp3) is 0.367. The van der Waals surface area contributed by atoms with Gasteiger partial charge in [0.05, 0.1) is 11.5 Å². The van der Waals surface area contributed by atoms with Crippen LogP contribution in [-0.4, -0.2) is 24.5 Å². The highest BCUT2D eigenvalue weighted by molar-refractivity contribution is 6.30. The van der Waals surface area contributed by atoms with Crippen molar-refractivity contribution in [2.24, 2.45) is 5.92 Å². The predicted octanol–water partition coefficient (Wildman–Crippen LogP) is 7.32. The van der Waals surface area contributed by atoms with Gasteiger partial charge in [-0.05, 0) is 67.0 Å². The fourth-order valence-electron chi connectivity index (χ4n) is 4.54. The summed E-state index contributed by atoms with van der Waals surface area (Å²) in [5.41, 5.74) is 3.33. The quantitative estimate of drug-likeness (QED) is 0.284. The fourth-order valence-corrected chi connectivity index (χ4v) is 4.67. The molecule has 0 heterocycles. The first kappa shape index (κ1) is 25.0. The average molecular weight is 459 g/mol. The molecule has 0 radical (unpaired) electrons. The van der Waals surface area contributed by atoms with E-state index in [0.29, 0.717) is 5.02 Å². The zero-order chi connectivity index (χ0) is 23.5. The van der Waals surface area contributed by atoms with Gasteiger partial charge in [-0.2, -0.15) is 5.26 Å². The Bertz CT molecular complexity index is 949. The van der Waals surface area contributed by atoms with E-state index in [0.717, 1.165) is 50.9 Å². The predicted molar refractivity (Wildman–Crippen MR) is 140 cm³/mol. The molecule has 3 rings (SSSR count). The maximum Gasteiger partial charge on any atom is 0.0845 e. The largest absolute Gasteiger partial charge is 0.303 e. The third-order valence-corrected chi connectivity index (χ3v) is 6.96. The van der Waals surface area contributed by atoms with Gasteiger partial charge in [-0.3, -0.25) is 0 Å². The van der Waals surface area contributed by atoms with E-state index in [-0.39, 0.29) is 5.92 Å². The highest BCUT2D eigenvalue weighted by Crippen LogP contribution is 2.37. The summed E-state index contributed by atoms with van der Waals surface area (Å²) in [5.74, 6) is 0.228. The zero-order valence-electron chi connectivity index (χ0n) is 19.9. The summed E-state index contributed by atoms with van der Waals surface area (Å²) < 4.78 is 0. The average Bonchev–Trinajstić information content (AvgIpc) is 2.85. The SMILES string of the molecule is CC(C)C(C#N)(CCCN(CCc1ccccc1)CCc1ccccc1)c1ccc(Cl)cc1. The van der Waals surface area contributed by atoms with Crippen molar-refractivity contribution < 1.29 is 0 Å². The first-order chi connectivity index (χ1) is 16.0. The Morgan fingerprint density at radius 3 is 1.76 bits per heavy atom. The van der Waals surface area contributed by atoms with E-state index >= 15 is 0 Å². The first-order valence-electron chi connectivity index (χ1n) is 12.0. The van der Waals surface area contributed by atoms with E-state index in [1.807, 2.05) is 24.3 Å². The molecule has 0 aliphatic carbocycles. The van der Waals surface area contributed by atoms with Crippen molar-refractivity contribution in [2.45, 2.75) is 44.9 Å². The second-order valence-electron chi connectivity index (χ2n) is 9.16. The lowest BCUT2D eigenvalue weighted by Gasteiger charge is -2.32. The number of nitrogens with zero attached hydrogens (tertiary/aromatic N) is 2. The topological polar surface area (TPSA) is 27.0 Å². The second-order valence-corrected chi connectivity index (χ2v) is 9.60. The summed E-state index contributed by atoms with van der Waals surface area (Å²) in [6, 6.07) is 31.9. The molecule has 0 saturated carbocycles. The lowest BCUT2D eigenvalue weighted by Crippen LogP contribution is -2.34. The molecule has 0 fully saturated rings. The van der Waals surface area contributed by atoms with Crippen LogP contribution in [0.3, 0.4) is 0 Å². The van der Waals surface area contributed by atoms with Crippen molar-refractivity contribution in [1.82, 2.24) is 4.90 Å². The molecular weight excluding hydrogens is 424 g/mol. The summed E-state index contributed by atoms with van der Waals surface area (Å²) in [6.45, 7) is 7.35. The normalized spacial score (nSPS) is 13.1. The number of halogens is 1. The van der Waals surface area contributed by atoms with Crippen LogP contribution in [0.15, 0.2) is 84.9 Å². The zero-order valence-corrected chi connectivity index (χ0v) is 20.6. The number of benzene rings is 3. The van der Waals surface area contributed by atoms with Gasteiger partial charge in [0, 0.05) is 18.1 Å². The van der Waals surface area contributed by atoms with Crippen LogP contribution in [0.2, 0.25) is 5.02 Å². The van der Waals surface area contributed by atoms with Gasteiger partial charge in [0.15, 0.2) is 0 Å². The molecule has 0 aliphatic heterocycles. The van der Waals surface area contributed by atoms with Crippen molar-refractivity contribution in [1.29, 1.82) is 5.26 Å². The van der Waals surface area contributed by atoms with Crippen molar-refractivity contribution in [3.8, 4) is 6.07 Å². The Morgan fingerprint density at radius 1 is 0.788 bits per heavy atom. The Hall–Kier alpha value is -2.60. The molecule has 0 aliphatic rings. The molecule has 2 nitrogen and oxygen atoms in total. The molecular formula is C30H35ClN2. The number of hydrogen-bond acceptors (Lipinski definition) is 2. The molecule has 3 aromatic rings. The molecule has 0 N–H and O–H groups in total. The molecule has 3 aromatic carbocycles. The van der Waals surface area contributed by atoms with Crippen LogP contribution in [0, 0.1) is 17.2 Å². The maximum absolute atomic E-state index is 10.2. The van der Waals surface area contributed by atoms with Gasteiger partial charge in [-0.25, -0.2) is 0 Å². The third-order valence-electron chi connectivity index (χ3n) is 6.71. The standard InChI is InChI=1S/C30H35ClN2/c1-25(2)30(24-32,28-14-16-29(31)17-15-28)20-9-21-33(22-18-26-10-5-3-6-11-26)23-19-27-12-7-4-8-13-27/h3-8,10-17,25H,9,18-23H2,1-2H3. The van der Waals surface area contributed by atoms with Crippen molar-refractivity contribution in [3.63, 3.8) is 0 Å². The van der Waals surface area contributed by atoms with Crippen LogP contribution >= 0.6 is 11.6 Å². The number of rotatable bonds is 12. The number of nitriles is 1. The molecule has 0 aromatic heterocycles. The van der Waals surface area contributed by atoms with Crippen molar-refractivity contribution in [2.75, 3.05) is 19.6 Å². The third kappa shape index (κ3) is 7.19. The smallest absolute Gasteiger partial charge is 0.0845 e. The lowest BCUT2D eigenvalue weighted by molar-refractivity contribution is 0.256. The van der Waals surface area contributed by atoms with Crippen LogP contribution in [-0.2, 0) is 18.3 Å². The van der Waals surface area contributed by atoms with E-state index in [1.54, 1.807) is 0 Å². The Kier molecular flexibility index (Phi) is 9.55. The summed E-state index contributed by atoms with van der Waals surface area (Å²) in [7, 11) is 0. The van der Waals surface area contributed by atoms with E-state index in [1.165, 1.54) is 11.1 Å². The molecule has 3 heteroatoms. The van der Waals surface area contributed by atoms with Crippen LogP contribution in [0.5, 0.6) is 0 Å². The first-order valence-corrected chi connectivity index (χ1v) is 12.4. The molecule has 0 saturated heterocycles. The Morgan fingerprint density at radius 2 is 1.30 bits per heavy atom. The van der Waals surface area contributed by atoms with E-state index in [4.69, 9.17) is 11.6 Å². The molecule has 1 atom stereocenters. The molecule has 172 valence electrons. The number of hydrogen-bond donors (Lipinski definition) is 0. The van der Waals surface area contributed by atoms with Gasteiger partial charge >= 0.3 is 0 Å². The second kappa shape index (κ2) is 12.6. The summed E-state index contributed by atoms with van der Waals surface area (Å²) >= 11 is 6.11. The molecule has 33 heavy (non-hydrogen) atoms. The summed E-state index contributed by atoms with van der Waals surface area (Å²) in [6.07, 6.45) is 3.91. The van der Waals surface area contributed by atoms with Gasteiger partial charge in [-0.1, -0.05) is 98.2 Å². The summed E-state index contributed by atoms with van der Waals surface area (Å²) in [4.78, 5) is 2.56. The monoisotopic (exact) mass is 458 g/mol. The van der Waals surface area contributed by atoms with Gasteiger partial charge in [0.25, 0.3) is 0 Å². The lowest BCUT2D eigenvalue weighted by atomic mass is 9.70. The van der Waals surface area contributed by atoms with Crippen molar-refractivity contribution in [3.05, 3.63) is 107 Å². The highest BCUT2D eigenvalue weighted by Gasteiger charge is 2.35. The van der Waals surface area contributed by atoms with E-state index in [2.05, 4.69) is 85.5 Å². The molecule has 0 amide bonds. The minimum Gasteiger partial charge on any atom is -0.303 e. The van der Waals surface area contributed by atoms with E-state index in [9.17, 15) is 5.26 Å². The van der Waals surface area contributed by atoms with Crippen LogP contribution in [0.1, 0.15) is 43.4 Å². The van der Waals surface area contributed by atoms with Gasteiger partial charge < -0.3 is 4.90 Å². The van der Waals surface area contributed by atoms with Gasteiger partial charge in [0.1, 0.15) is 0 Å². The van der Waals surface area contributed by atoms with E-state index < -0.39 is 5.41 Å². The Labute approximate surface area is 204 Å². The van der Waals surface area contributed by atoms with Crippen LogP contribution in [0.4, 0.5) is 0 Å². The highest BCUT2D eigenvalue weighted by atomic mass is 35.5. The summed E-state index contributed by atoms with van der Waals surface area (Å²) in [5, 5.41) is 11.0. The minimum atomic E-state index is -0.491. The minimum absolute atomic E-state index is 0.228. The van der Waals surface area contributed by atoms with Crippen LogP contribution < -0.4 is 0 Å². The molecule has 1 unspecified atom stereocenters. The molecule has 0 bridgehead atoms. The maximum atomic E-state index is 10.2. The van der Waals surface area contributed by atoms with Gasteiger partial charge in [-0.15, -0.1) is 0 Å². The van der Waals surface area contributed by atoms with Crippen LogP contribution in [0.25, 0.3) is 0 Å². The Balaban J connectivity index is 1.66. The van der Waals surface area contributed by atoms with Gasteiger partial charge in [0.2, 0.25) is 0 Å².